The third kappa shape index (κ3) is 1.03. The molecule has 0 aliphatic rings. The molecule has 0 aliphatic heterocycles. The maximum atomic E-state index is 5.59. The van der Waals surface area contributed by atoms with Crippen LogP contribution in [0.15, 0.2) is 11.1 Å². The summed E-state index contributed by atoms with van der Waals surface area (Å²) in [5, 5.41) is 3.96. The Morgan fingerprint density at radius 2 is 2.44 bits per heavy atom. The predicted molar refractivity (Wildman–Crippen MR) is 39.4 cm³/mol. The summed E-state index contributed by atoms with van der Waals surface area (Å²) in [5.41, 5.74) is 5.59. The number of aromatic nitrogens is 2. The Morgan fingerprint density at radius 3 is 2.67 bits per heavy atom. The van der Waals surface area contributed by atoms with Crippen molar-refractivity contribution in [3.8, 4) is 0 Å². The Labute approximate surface area is 58.2 Å². The second-order valence-corrected chi connectivity index (χ2v) is 2.57. The molecule has 0 saturated carbocycles. The first-order chi connectivity index (χ1) is 4.25. The van der Waals surface area contributed by atoms with Crippen LogP contribution in [0.25, 0.3) is 0 Å². The molecule has 0 bridgehead atoms. The van der Waals surface area contributed by atoms with Gasteiger partial charge in [-0.25, -0.2) is 0 Å². The lowest BCUT2D eigenvalue weighted by molar-refractivity contribution is 0.778. The van der Waals surface area contributed by atoms with Crippen LogP contribution in [0.5, 0.6) is 0 Å². The molecule has 0 aliphatic carbocycles. The van der Waals surface area contributed by atoms with E-state index in [0.717, 1.165) is 10.7 Å². The fourth-order valence-electron chi connectivity index (χ4n) is 0.584. The smallest absolute Gasteiger partial charge is 0.135 e. The SMILES string of the molecule is CSc1cnn(C)c1N. The highest BCUT2D eigenvalue weighted by atomic mass is 32.2. The number of thioether (sulfide) groups is 1. The highest BCUT2D eigenvalue weighted by Crippen LogP contribution is 2.20. The van der Waals surface area contributed by atoms with Gasteiger partial charge in [0.2, 0.25) is 0 Å². The second kappa shape index (κ2) is 2.31. The maximum Gasteiger partial charge on any atom is 0.135 e. The van der Waals surface area contributed by atoms with E-state index in [0.29, 0.717) is 0 Å². The van der Waals surface area contributed by atoms with Crippen molar-refractivity contribution >= 4 is 17.6 Å². The molecular formula is C5H9N3S. The lowest BCUT2D eigenvalue weighted by Crippen LogP contribution is -1.97. The summed E-state index contributed by atoms with van der Waals surface area (Å²) >= 11 is 1.61. The molecule has 3 nitrogen and oxygen atoms in total. The van der Waals surface area contributed by atoms with Crippen molar-refractivity contribution in [1.82, 2.24) is 9.78 Å². The maximum absolute atomic E-state index is 5.59. The molecule has 0 spiro atoms. The first kappa shape index (κ1) is 6.48. The third-order valence-corrected chi connectivity index (χ3v) is 1.92. The topological polar surface area (TPSA) is 43.8 Å². The zero-order chi connectivity index (χ0) is 6.85. The number of anilines is 1. The van der Waals surface area contributed by atoms with Crippen LogP contribution in [-0.4, -0.2) is 16.0 Å². The molecule has 2 N–H and O–H groups in total. The van der Waals surface area contributed by atoms with E-state index in [1.807, 2.05) is 13.3 Å². The van der Waals surface area contributed by atoms with Crippen LogP contribution in [0.2, 0.25) is 0 Å². The summed E-state index contributed by atoms with van der Waals surface area (Å²) in [7, 11) is 1.83. The van der Waals surface area contributed by atoms with Gasteiger partial charge in [0, 0.05) is 7.05 Å². The van der Waals surface area contributed by atoms with Gasteiger partial charge in [0.25, 0.3) is 0 Å². The number of nitrogens with two attached hydrogens (primary N) is 1. The zero-order valence-electron chi connectivity index (χ0n) is 5.46. The standard InChI is InChI=1S/C5H9N3S/c1-8-5(6)4(9-2)3-7-8/h3H,6H2,1-2H3. The highest BCUT2D eigenvalue weighted by Gasteiger charge is 2.00. The van der Waals surface area contributed by atoms with Crippen LogP contribution in [0.3, 0.4) is 0 Å². The van der Waals surface area contributed by atoms with E-state index < -0.39 is 0 Å². The van der Waals surface area contributed by atoms with Gasteiger partial charge in [0.05, 0.1) is 11.1 Å². The Bertz CT molecular complexity index is 206. The Kier molecular flexibility index (Phi) is 1.66. The summed E-state index contributed by atoms with van der Waals surface area (Å²) in [6, 6.07) is 0. The van der Waals surface area contributed by atoms with Crippen LogP contribution < -0.4 is 5.73 Å². The molecule has 0 atom stereocenters. The summed E-state index contributed by atoms with van der Waals surface area (Å²) < 4.78 is 1.66. The first-order valence-corrected chi connectivity index (χ1v) is 3.79. The number of rotatable bonds is 1. The molecule has 4 heteroatoms. The molecule has 1 heterocycles. The summed E-state index contributed by atoms with van der Waals surface area (Å²) in [6.45, 7) is 0. The van der Waals surface area contributed by atoms with Crippen molar-refractivity contribution in [2.24, 2.45) is 7.05 Å². The average molecular weight is 143 g/mol. The fraction of sp³-hybridized carbons (Fsp3) is 0.400. The molecule has 1 aromatic rings. The average Bonchev–Trinajstić information content (AvgIpc) is 2.15. The number of aryl methyl sites for hydroxylation is 1. The van der Waals surface area contributed by atoms with Gasteiger partial charge in [-0.1, -0.05) is 0 Å². The normalized spacial score (nSPS) is 10.0. The molecule has 0 amide bonds. The summed E-state index contributed by atoms with van der Waals surface area (Å²) in [6.07, 6.45) is 3.74. The van der Waals surface area contributed by atoms with Gasteiger partial charge in [-0.3, -0.25) is 4.68 Å². The van der Waals surface area contributed by atoms with Gasteiger partial charge in [-0.2, -0.15) is 5.10 Å². The zero-order valence-corrected chi connectivity index (χ0v) is 6.27. The number of hydrogen-bond acceptors (Lipinski definition) is 3. The number of hydrogen-bond donors (Lipinski definition) is 1. The molecule has 1 rings (SSSR count). The molecule has 50 valence electrons. The van der Waals surface area contributed by atoms with E-state index in [9.17, 15) is 0 Å². The van der Waals surface area contributed by atoms with E-state index in [2.05, 4.69) is 5.10 Å². The van der Waals surface area contributed by atoms with Gasteiger partial charge in [-0.05, 0) is 6.26 Å². The van der Waals surface area contributed by atoms with Gasteiger partial charge in [0.1, 0.15) is 5.82 Å². The number of nitrogens with zero attached hydrogens (tertiary/aromatic N) is 2. The minimum atomic E-state index is 0.738. The first-order valence-electron chi connectivity index (χ1n) is 2.57. The van der Waals surface area contributed by atoms with Gasteiger partial charge < -0.3 is 5.73 Å². The van der Waals surface area contributed by atoms with Crippen LogP contribution in [0.4, 0.5) is 5.82 Å². The van der Waals surface area contributed by atoms with E-state index in [1.54, 1.807) is 22.6 Å². The molecule has 1 aromatic heterocycles. The van der Waals surface area contributed by atoms with Crippen LogP contribution >= 0.6 is 11.8 Å². The molecule has 0 fully saturated rings. The third-order valence-electron chi connectivity index (χ3n) is 1.17. The van der Waals surface area contributed by atoms with Crippen molar-refractivity contribution in [3.05, 3.63) is 6.20 Å². The Balaban J connectivity index is 3.04. The van der Waals surface area contributed by atoms with Crippen molar-refractivity contribution < 1.29 is 0 Å². The molecule has 0 radical (unpaired) electrons. The Morgan fingerprint density at radius 1 is 1.78 bits per heavy atom. The van der Waals surface area contributed by atoms with Crippen LogP contribution in [0.1, 0.15) is 0 Å². The largest absolute Gasteiger partial charge is 0.383 e. The summed E-state index contributed by atoms with van der Waals surface area (Å²) in [4.78, 5) is 1.04. The van der Waals surface area contributed by atoms with Gasteiger partial charge >= 0.3 is 0 Å². The monoisotopic (exact) mass is 143 g/mol. The van der Waals surface area contributed by atoms with Crippen molar-refractivity contribution in [3.63, 3.8) is 0 Å². The minimum Gasteiger partial charge on any atom is -0.383 e. The molecule has 0 saturated heterocycles. The lowest BCUT2D eigenvalue weighted by atomic mass is 10.6. The molecular weight excluding hydrogens is 134 g/mol. The second-order valence-electron chi connectivity index (χ2n) is 1.72. The summed E-state index contributed by atoms with van der Waals surface area (Å²) in [5.74, 6) is 0.738. The van der Waals surface area contributed by atoms with Crippen molar-refractivity contribution in [2.45, 2.75) is 4.90 Å². The van der Waals surface area contributed by atoms with E-state index in [1.165, 1.54) is 0 Å². The highest BCUT2D eigenvalue weighted by molar-refractivity contribution is 7.98. The van der Waals surface area contributed by atoms with E-state index in [-0.39, 0.29) is 0 Å². The number of nitrogen functional groups attached to an aromatic ring is 1. The van der Waals surface area contributed by atoms with Gasteiger partial charge in [-0.15, -0.1) is 11.8 Å². The van der Waals surface area contributed by atoms with E-state index in [4.69, 9.17) is 5.73 Å². The van der Waals surface area contributed by atoms with Crippen LogP contribution in [0, 0.1) is 0 Å². The van der Waals surface area contributed by atoms with Crippen molar-refractivity contribution in [2.75, 3.05) is 12.0 Å². The minimum absolute atomic E-state index is 0.738. The van der Waals surface area contributed by atoms with Crippen molar-refractivity contribution in [1.29, 1.82) is 0 Å². The quantitative estimate of drug-likeness (QED) is 0.589. The van der Waals surface area contributed by atoms with Gasteiger partial charge in [0.15, 0.2) is 0 Å². The fourth-order valence-corrected chi connectivity index (χ4v) is 1.08. The van der Waals surface area contributed by atoms with Crippen LogP contribution in [-0.2, 0) is 7.05 Å². The molecule has 9 heavy (non-hydrogen) atoms. The lowest BCUT2D eigenvalue weighted by Gasteiger charge is -1.93. The molecule has 0 unspecified atom stereocenters. The molecule has 0 aromatic carbocycles. The Hall–Kier alpha value is -0.640. The predicted octanol–water partition coefficient (Wildman–Crippen LogP) is 0.724. The van der Waals surface area contributed by atoms with E-state index >= 15 is 0 Å².